The second-order valence-corrected chi connectivity index (χ2v) is 4.29. The van der Waals surface area contributed by atoms with Crippen molar-refractivity contribution in [2.24, 2.45) is 0 Å². The molecule has 16 heavy (non-hydrogen) atoms. The van der Waals surface area contributed by atoms with Crippen molar-refractivity contribution in [2.45, 2.75) is 6.92 Å². The summed E-state index contributed by atoms with van der Waals surface area (Å²) in [7, 11) is 2.08. The highest BCUT2D eigenvalue weighted by molar-refractivity contribution is 5.95. The third kappa shape index (κ3) is 2.22. The van der Waals surface area contributed by atoms with Crippen molar-refractivity contribution >= 4 is 5.91 Å². The van der Waals surface area contributed by atoms with Crippen LogP contribution < -0.4 is 0 Å². The highest BCUT2D eigenvalue weighted by Crippen LogP contribution is 2.10. The molecule has 1 aliphatic rings. The molecule has 1 aromatic heterocycles. The van der Waals surface area contributed by atoms with Gasteiger partial charge in [-0.3, -0.25) is 9.78 Å². The highest BCUT2D eigenvalue weighted by Gasteiger charge is 2.21. The monoisotopic (exact) mass is 219 g/mol. The van der Waals surface area contributed by atoms with E-state index in [0.717, 1.165) is 37.3 Å². The maximum Gasteiger partial charge on any atom is 0.255 e. The minimum absolute atomic E-state index is 0.110. The first-order chi connectivity index (χ1) is 7.68. The summed E-state index contributed by atoms with van der Waals surface area (Å²) in [4.78, 5) is 20.4. The van der Waals surface area contributed by atoms with E-state index in [1.54, 1.807) is 12.4 Å². The first-order valence-electron chi connectivity index (χ1n) is 5.57. The third-order valence-corrected chi connectivity index (χ3v) is 3.06. The fraction of sp³-hybridized carbons (Fsp3) is 0.500. The second kappa shape index (κ2) is 4.61. The van der Waals surface area contributed by atoms with Crippen molar-refractivity contribution in [1.82, 2.24) is 14.8 Å². The van der Waals surface area contributed by atoms with E-state index in [4.69, 9.17) is 0 Å². The molecule has 0 spiro atoms. The van der Waals surface area contributed by atoms with Gasteiger partial charge < -0.3 is 9.80 Å². The Morgan fingerprint density at radius 3 is 2.62 bits per heavy atom. The average Bonchev–Trinajstić information content (AvgIpc) is 2.30. The molecular formula is C12H17N3O. The Balaban J connectivity index is 2.11. The summed E-state index contributed by atoms with van der Waals surface area (Å²) in [6, 6.07) is 1.88. The van der Waals surface area contributed by atoms with Gasteiger partial charge in [0, 0.05) is 38.6 Å². The van der Waals surface area contributed by atoms with Gasteiger partial charge in [-0.05, 0) is 25.6 Å². The molecule has 0 saturated carbocycles. The minimum atomic E-state index is 0.110. The number of amides is 1. The maximum atomic E-state index is 12.2. The molecule has 1 fully saturated rings. The molecule has 2 heterocycles. The number of aromatic nitrogens is 1. The standard InChI is InChI=1S/C12H17N3O/c1-10-3-4-13-9-11(10)12(16)15-7-5-14(2)6-8-15/h3-4,9H,5-8H2,1-2H3. The molecule has 0 aromatic carbocycles. The molecule has 2 rings (SSSR count). The van der Waals surface area contributed by atoms with Gasteiger partial charge in [0.15, 0.2) is 0 Å². The van der Waals surface area contributed by atoms with Crippen LogP contribution >= 0.6 is 0 Å². The predicted molar refractivity (Wildman–Crippen MR) is 62.4 cm³/mol. The highest BCUT2D eigenvalue weighted by atomic mass is 16.2. The van der Waals surface area contributed by atoms with Crippen LogP contribution in [0.3, 0.4) is 0 Å². The number of pyridine rings is 1. The van der Waals surface area contributed by atoms with Crippen molar-refractivity contribution in [3.63, 3.8) is 0 Å². The van der Waals surface area contributed by atoms with Crippen LogP contribution in [-0.4, -0.2) is 53.9 Å². The number of hydrogen-bond donors (Lipinski definition) is 0. The molecule has 1 aromatic rings. The summed E-state index contributed by atoms with van der Waals surface area (Å²) in [5.41, 5.74) is 1.73. The average molecular weight is 219 g/mol. The predicted octanol–water partition coefficient (Wildman–Crippen LogP) is 0.778. The summed E-state index contributed by atoms with van der Waals surface area (Å²) in [5, 5.41) is 0. The Hall–Kier alpha value is -1.42. The van der Waals surface area contributed by atoms with E-state index >= 15 is 0 Å². The molecule has 4 heteroatoms. The molecule has 0 bridgehead atoms. The van der Waals surface area contributed by atoms with Gasteiger partial charge in [0.25, 0.3) is 5.91 Å². The fourth-order valence-electron chi connectivity index (χ4n) is 1.87. The summed E-state index contributed by atoms with van der Waals surface area (Å²) in [5.74, 6) is 0.110. The summed E-state index contributed by atoms with van der Waals surface area (Å²) in [6.07, 6.45) is 3.38. The van der Waals surface area contributed by atoms with E-state index in [1.165, 1.54) is 0 Å². The van der Waals surface area contributed by atoms with E-state index < -0.39 is 0 Å². The van der Waals surface area contributed by atoms with Gasteiger partial charge in [-0.15, -0.1) is 0 Å². The lowest BCUT2D eigenvalue weighted by molar-refractivity contribution is 0.0663. The smallest absolute Gasteiger partial charge is 0.255 e. The molecule has 0 aliphatic carbocycles. The molecular weight excluding hydrogens is 202 g/mol. The van der Waals surface area contributed by atoms with Crippen LogP contribution in [0.25, 0.3) is 0 Å². The van der Waals surface area contributed by atoms with Crippen molar-refractivity contribution in [3.05, 3.63) is 29.6 Å². The Morgan fingerprint density at radius 2 is 2.00 bits per heavy atom. The van der Waals surface area contributed by atoms with Crippen LogP contribution in [0.5, 0.6) is 0 Å². The molecule has 1 saturated heterocycles. The van der Waals surface area contributed by atoms with Gasteiger partial charge in [0.2, 0.25) is 0 Å². The summed E-state index contributed by atoms with van der Waals surface area (Å²) >= 11 is 0. The van der Waals surface area contributed by atoms with Gasteiger partial charge in [-0.2, -0.15) is 0 Å². The van der Waals surface area contributed by atoms with Crippen LogP contribution in [0.4, 0.5) is 0 Å². The Labute approximate surface area is 95.9 Å². The molecule has 86 valence electrons. The first-order valence-corrected chi connectivity index (χ1v) is 5.57. The molecule has 1 amide bonds. The molecule has 4 nitrogen and oxygen atoms in total. The number of carbonyl (C=O) groups is 1. The van der Waals surface area contributed by atoms with Crippen molar-refractivity contribution in [1.29, 1.82) is 0 Å². The zero-order valence-corrected chi connectivity index (χ0v) is 9.81. The number of carbonyl (C=O) groups excluding carboxylic acids is 1. The van der Waals surface area contributed by atoms with Gasteiger partial charge in [0.1, 0.15) is 0 Å². The number of nitrogens with zero attached hydrogens (tertiary/aromatic N) is 3. The molecule has 1 aliphatic heterocycles. The zero-order valence-electron chi connectivity index (χ0n) is 9.81. The Bertz CT molecular complexity index is 384. The van der Waals surface area contributed by atoms with Gasteiger partial charge in [0.05, 0.1) is 5.56 Å². The maximum absolute atomic E-state index is 12.2. The number of aryl methyl sites for hydroxylation is 1. The van der Waals surface area contributed by atoms with E-state index in [1.807, 2.05) is 17.9 Å². The van der Waals surface area contributed by atoms with Gasteiger partial charge >= 0.3 is 0 Å². The lowest BCUT2D eigenvalue weighted by Crippen LogP contribution is -2.47. The van der Waals surface area contributed by atoms with Crippen molar-refractivity contribution < 1.29 is 4.79 Å². The van der Waals surface area contributed by atoms with E-state index in [2.05, 4.69) is 16.9 Å². The van der Waals surface area contributed by atoms with E-state index in [0.29, 0.717) is 0 Å². The third-order valence-electron chi connectivity index (χ3n) is 3.06. The summed E-state index contributed by atoms with van der Waals surface area (Å²) in [6.45, 7) is 5.47. The molecule has 0 radical (unpaired) electrons. The van der Waals surface area contributed by atoms with Gasteiger partial charge in [-0.25, -0.2) is 0 Å². The number of likely N-dealkylation sites (N-methyl/N-ethyl adjacent to an activating group) is 1. The largest absolute Gasteiger partial charge is 0.336 e. The Kier molecular flexibility index (Phi) is 3.19. The second-order valence-electron chi connectivity index (χ2n) is 4.29. The van der Waals surface area contributed by atoms with Crippen molar-refractivity contribution in [2.75, 3.05) is 33.2 Å². The molecule has 0 unspecified atom stereocenters. The lowest BCUT2D eigenvalue weighted by Gasteiger charge is -2.32. The fourth-order valence-corrected chi connectivity index (χ4v) is 1.87. The number of rotatable bonds is 1. The van der Waals surface area contributed by atoms with Crippen LogP contribution in [0.2, 0.25) is 0 Å². The summed E-state index contributed by atoms with van der Waals surface area (Å²) < 4.78 is 0. The number of hydrogen-bond acceptors (Lipinski definition) is 3. The van der Waals surface area contributed by atoms with E-state index in [9.17, 15) is 4.79 Å². The van der Waals surface area contributed by atoms with Crippen LogP contribution in [0.15, 0.2) is 18.5 Å². The zero-order chi connectivity index (χ0) is 11.5. The van der Waals surface area contributed by atoms with Crippen molar-refractivity contribution in [3.8, 4) is 0 Å². The van der Waals surface area contributed by atoms with Gasteiger partial charge in [-0.1, -0.05) is 0 Å². The topological polar surface area (TPSA) is 36.4 Å². The number of piperazine rings is 1. The van der Waals surface area contributed by atoms with E-state index in [-0.39, 0.29) is 5.91 Å². The molecule has 0 N–H and O–H groups in total. The lowest BCUT2D eigenvalue weighted by atomic mass is 10.1. The SMILES string of the molecule is Cc1ccncc1C(=O)N1CCN(C)CC1. The van der Waals surface area contributed by atoms with Crippen LogP contribution in [0.1, 0.15) is 15.9 Å². The first kappa shape index (κ1) is 11.1. The van der Waals surface area contributed by atoms with Crippen LogP contribution in [-0.2, 0) is 0 Å². The Morgan fingerprint density at radius 1 is 1.31 bits per heavy atom. The normalized spacial score (nSPS) is 17.5. The molecule has 0 atom stereocenters. The minimum Gasteiger partial charge on any atom is -0.336 e. The van der Waals surface area contributed by atoms with Crippen LogP contribution in [0, 0.1) is 6.92 Å². The quantitative estimate of drug-likeness (QED) is 0.700.